The van der Waals surface area contributed by atoms with Crippen LogP contribution in [0.4, 0.5) is 4.39 Å². The molecule has 0 bridgehead atoms. The summed E-state index contributed by atoms with van der Waals surface area (Å²) in [6.45, 7) is 0. The van der Waals surface area contributed by atoms with E-state index < -0.39 is 11.1 Å². The third kappa shape index (κ3) is 2.78. The summed E-state index contributed by atoms with van der Waals surface area (Å²) in [5.41, 5.74) is 0.659. The van der Waals surface area contributed by atoms with E-state index in [2.05, 4.69) is 0 Å². The van der Waals surface area contributed by atoms with Crippen molar-refractivity contribution in [3.8, 4) is 0 Å². The zero-order chi connectivity index (χ0) is 8.27. The summed E-state index contributed by atoms with van der Waals surface area (Å²) < 4.78 is 31.0. The highest BCUT2D eigenvalue weighted by Gasteiger charge is 1.96. The van der Waals surface area contributed by atoms with Gasteiger partial charge in [-0.1, -0.05) is 12.1 Å². The van der Waals surface area contributed by atoms with Gasteiger partial charge in [-0.05, 0) is 17.7 Å². The summed E-state index contributed by atoms with van der Waals surface area (Å²) in [6, 6.07) is 5.51. The molecule has 0 aliphatic heterocycles. The molecule has 0 heterocycles. The minimum atomic E-state index is -1.85. The van der Waals surface area contributed by atoms with E-state index in [1.165, 1.54) is 24.3 Å². The van der Waals surface area contributed by atoms with Crippen LogP contribution in [0.1, 0.15) is 5.56 Å². The molecule has 0 aliphatic carbocycles. The van der Waals surface area contributed by atoms with Gasteiger partial charge in [0.25, 0.3) is 0 Å². The summed E-state index contributed by atoms with van der Waals surface area (Å²) in [4.78, 5) is 0. The Hall–Kier alpha value is -0.740. The van der Waals surface area contributed by atoms with E-state index in [-0.39, 0.29) is 11.6 Å². The fraction of sp³-hybridized carbons (Fsp3) is 0.143. The Bertz CT molecular complexity index is 258. The Morgan fingerprint density at radius 2 is 1.91 bits per heavy atom. The second-order valence-corrected chi connectivity index (χ2v) is 3.02. The smallest absolute Gasteiger partial charge is 0.157 e. The van der Waals surface area contributed by atoms with Crippen molar-refractivity contribution in [3.05, 3.63) is 35.6 Å². The van der Waals surface area contributed by atoms with Gasteiger partial charge < -0.3 is 4.55 Å². The zero-order valence-electron chi connectivity index (χ0n) is 5.66. The first-order chi connectivity index (χ1) is 5.18. The van der Waals surface area contributed by atoms with E-state index in [9.17, 15) is 8.60 Å². The number of halogens is 1. The van der Waals surface area contributed by atoms with E-state index in [4.69, 9.17) is 4.55 Å². The highest BCUT2D eigenvalue weighted by molar-refractivity contribution is 7.78. The van der Waals surface area contributed by atoms with Gasteiger partial charge in [0.2, 0.25) is 0 Å². The molecule has 4 heteroatoms. The van der Waals surface area contributed by atoms with E-state index in [0.29, 0.717) is 5.56 Å². The van der Waals surface area contributed by atoms with Gasteiger partial charge in [-0.15, -0.1) is 0 Å². The third-order valence-electron chi connectivity index (χ3n) is 1.20. The second kappa shape index (κ2) is 3.59. The Labute approximate surface area is 66.3 Å². The van der Waals surface area contributed by atoms with Crippen molar-refractivity contribution in [2.45, 2.75) is 5.75 Å². The van der Waals surface area contributed by atoms with Crippen LogP contribution >= 0.6 is 0 Å². The minimum absolute atomic E-state index is 0.0558. The van der Waals surface area contributed by atoms with Crippen molar-refractivity contribution < 1.29 is 13.2 Å². The van der Waals surface area contributed by atoms with Gasteiger partial charge in [-0.2, -0.15) is 0 Å². The molecule has 0 saturated carbocycles. The quantitative estimate of drug-likeness (QED) is 0.690. The Kier molecular flexibility index (Phi) is 2.73. The van der Waals surface area contributed by atoms with Crippen molar-refractivity contribution in [1.82, 2.24) is 0 Å². The molecular weight excluding hydrogens is 167 g/mol. The SMILES string of the molecule is O=S(O)Cc1ccc(F)cc1. The first-order valence-corrected chi connectivity index (χ1v) is 4.28. The van der Waals surface area contributed by atoms with E-state index in [1.54, 1.807) is 0 Å². The van der Waals surface area contributed by atoms with Crippen LogP contribution in [0.5, 0.6) is 0 Å². The predicted octanol–water partition coefficient (Wildman–Crippen LogP) is 1.55. The van der Waals surface area contributed by atoms with Crippen molar-refractivity contribution in [3.63, 3.8) is 0 Å². The Morgan fingerprint density at radius 1 is 1.36 bits per heavy atom. The molecule has 0 fully saturated rings. The number of rotatable bonds is 2. The molecule has 60 valence electrons. The number of hydrogen-bond acceptors (Lipinski definition) is 1. The summed E-state index contributed by atoms with van der Waals surface area (Å²) in [5, 5.41) is 0. The average molecular weight is 174 g/mol. The van der Waals surface area contributed by atoms with Crippen LogP contribution < -0.4 is 0 Å². The van der Waals surface area contributed by atoms with Crippen molar-refractivity contribution >= 4 is 11.1 Å². The van der Waals surface area contributed by atoms with Crippen molar-refractivity contribution in [2.75, 3.05) is 0 Å². The predicted molar refractivity (Wildman–Crippen MR) is 40.9 cm³/mol. The molecule has 0 aliphatic rings. The molecule has 2 nitrogen and oxygen atoms in total. The van der Waals surface area contributed by atoms with Crippen LogP contribution in [-0.4, -0.2) is 8.76 Å². The summed E-state index contributed by atoms with van der Waals surface area (Å²) >= 11 is -1.85. The molecule has 0 amide bonds. The Morgan fingerprint density at radius 3 is 2.36 bits per heavy atom. The van der Waals surface area contributed by atoms with Gasteiger partial charge in [0.1, 0.15) is 5.82 Å². The summed E-state index contributed by atoms with van der Waals surface area (Å²) in [5.74, 6) is -0.280. The van der Waals surface area contributed by atoms with Crippen LogP contribution in [-0.2, 0) is 16.8 Å². The van der Waals surface area contributed by atoms with E-state index >= 15 is 0 Å². The maximum atomic E-state index is 12.3. The zero-order valence-corrected chi connectivity index (χ0v) is 6.47. The fourth-order valence-electron chi connectivity index (χ4n) is 0.723. The van der Waals surface area contributed by atoms with Crippen LogP contribution in [0, 0.1) is 5.82 Å². The fourth-order valence-corrected chi connectivity index (χ4v) is 1.20. The van der Waals surface area contributed by atoms with Gasteiger partial charge in [0.05, 0.1) is 5.75 Å². The first-order valence-electron chi connectivity index (χ1n) is 3.00. The lowest BCUT2D eigenvalue weighted by molar-refractivity contribution is 0.563. The van der Waals surface area contributed by atoms with E-state index in [1.807, 2.05) is 0 Å². The molecule has 0 spiro atoms. The van der Waals surface area contributed by atoms with Gasteiger partial charge in [0.15, 0.2) is 11.1 Å². The maximum Gasteiger partial charge on any atom is 0.157 e. The normalized spacial score (nSPS) is 12.9. The summed E-state index contributed by atoms with van der Waals surface area (Å²) in [7, 11) is 0. The van der Waals surface area contributed by atoms with Crippen LogP contribution in [0.15, 0.2) is 24.3 Å². The lowest BCUT2D eigenvalue weighted by Crippen LogP contribution is -1.92. The molecule has 1 aromatic carbocycles. The molecule has 1 N–H and O–H groups in total. The largest absolute Gasteiger partial charge is 0.306 e. The van der Waals surface area contributed by atoms with Crippen molar-refractivity contribution in [2.24, 2.45) is 0 Å². The monoisotopic (exact) mass is 174 g/mol. The molecular formula is C7H7FO2S. The second-order valence-electron chi connectivity index (χ2n) is 2.09. The molecule has 0 aromatic heterocycles. The number of benzene rings is 1. The molecule has 1 atom stereocenters. The van der Waals surface area contributed by atoms with Gasteiger partial charge in [-0.3, -0.25) is 0 Å². The highest BCUT2D eigenvalue weighted by Crippen LogP contribution is 2.04. The lowest BCUT2D eigenvalue weighted by atomic mass is 10.2. The molecule has 11 heavy (non-hydrogen) atoms. The molecule has 1 aromatic rings. The third-order valence-corrected chi connectivity index (χ3v) is 1.78. The van der Waals surface area contributed by atoms with Gasteiger partial charge in [0, 0.05) is 0 Å². The van der Waals surface area contributed by atoms with Crippen LogP contribution in [0.25, 0.3) is 0 Å². The summed E-state index contributed by atoms with van der Waals surface area (Å²) in [6.07, 6.45) is 0. The number of hydrogen-bond donors (Lipinski definition) is 1. The maximum absolute atomic E-state index is 12.3. The van der Waals surface area contributed by atoms with Crippen LogP contribution in [0.3, 0.4) is 0 Å². The van der Waals surface area contributed by atoms with Crippen molar-refractivity contribution in [1.29, 1.82) is 0 Å². The Balaban J connectivity index is 2.74. The van der Waals surface area contributed by atoms with Gasteiger partial charge >= 0.3 is 0 Å². The first kappa shape index (κ1) is 8.36. The van der Waals surface area contributed by atoms with E-state index in [0.717, 1.165) is 0 Å². The topological polar surface area (TPSA) is 37.3 Å². The molecule has 0 saturated heterocycles. The molecule has 1 rings (SSSR count). The minimum Gasteiger partial charge on any atom is -0.306 e. The lowest BCUT2D eigenvalue weighted by Gasteiger charge is -1.95. The standard InChI is InChI=1S/C7H7FO2S/c8-7-3-1-6(2-4-7)5-11(9)10/h1-4H,5H2,(H,9,10). The van der Waals surface area contributed by atoms with Gasteiger partial charge in [-0.25, -0.2) is 8.60 Å². The average Bonchev–Trinajstić information content (AvgIpc) is 1.93. The highest BCUT2D eigenvalue weighted by atomic mass is 32.2. The molecule has 1 unspecified atom stereocenters. The van der Waals surface area contributed by atoms with Crippen LogP contribution in [0.2, 0.25) is 0 Å². The molecule has 0 radical (unpaired) electrons.